The van der Waals surface area contributed by atoms with E-state index in [1.165, 1.54) is 0 Å². The zero-order chi connectivity index (χ0) is 15.1. The van der Waals surface area contributed by atoms with Gasteiger partial charge in [-0.05, 0) is 62.9 Å². The van der Waals surface area contributed by atoms with Crippen LogP contribution in [0.5, 0.6) is 0 Å². The van der Waals surface area contributed by atoms with Crippen molar-refractivity contribution in [2.45, 2.75) is 18.9 Å². The van der Waals surface area contributed by atoms with Crippen molar-refractivity contribution in [2.75, 3.05) is 5.32 Å². The average Bonchev–Trinajstić information content (AvgIpc) is 3.22. The van der Waals surface area contributed by atoms with Crippen LogP contribution in [0.3, 0.4) is 0 Å². The van der Waals surface area contributed by atoms with Gasteiger partial charge < -0.3 is 9.88 Å². The van der Waals surface area contributed by atoms with Gasteiger partial charge in [0, 0.05) is 21.2 Å². The number of carbonyl (C=O) groups is 1. The fourth-order valence-corrected chi connectivity index (χ4v) is 3.35. The molecule has 110 valence electrons. The van der Waals surface area contributed by atoms with E-state index in [1.807, 2.05) is 16.8 Å². The van der Waals surface area contributed by atoms with Gasteiger partial charge in [0.1, 0.15) is 5.69 Å². The number of hydrogen-bond donors (Lipinski definition) is 1. The lowest BCUT2D eigenvalue weighted by Crippen LogP contribution is -2.16. The molecule has 1 aliphatic rings. The topological polar surface area (TPSA) is 34.0 Å². The first-order valence-corrected chi connectivity index (χ1v) is 8.64. The zero-order valence-corrected chi connectivity index (χ0v) is 15.4. The Kier molecular flexibility index (Phi) is 4.37. The lowest BCUT2D eigenvalue weighted by Gasteiger charge is -2.11. The highest BCUT2D eigenvalue weighted by Gasteiger charge is 2.28. The van der Waals surface area contributed by atoms with E-state index in [9.17, 15) is 4.79 Å². The highest BCUT2D eigenvalue weighted by molar-refractivity contribution is 9.10. The summed E-state index contributed by atoms with van der Waals surface area (Å²) in [6, 6.07) is 5.69. The summed E-state index contributed by atoms with van der Waals surface area (Å²) >= 11 is 18.9. The highest BCUT2D eigenvalue weighted by Crippen LogP contribution is 2.39. The van der Waals surface area contributed by atoms with E-state index in [1.54, 1.807) is 12.1 Å². The second-order valence-corrected chi connectivity index (χ2v) is 7.38. The molecule has 0 unspecified atom stereocenters. The average molecular weight is 453 g/mol. The molecule has 7 heteroatoms. The van der Waals surface area contributed by atoms with Gasteiger partial charge in [0.05, 0.1) is 15.7 Å². The number of amides is 1. The first-order valence-electron chi connectivity index (χ1n) is 6.29. The fraction of sp³-hybridized carbons (Fsp3) is 0.214. The highest BCUT2D eigenvalue weighted by atomic mass is 79.9. The van der Waals surface area contributed by atoms with Crippen molar-refractivity contribution >= 4 is 66.7 Å². The van der Waals surface area contributed by atoms with Crippen LogP contribution < -0.4 is 5.32 Å². The third kappa shape index (κ3) is 3.16. The van der Waals surface area contributed by atoms with Crippen LogP contribution in [0.2, 0.25) is 10.0 Å². The molecule has 1 aromatic heterocycles. The molecule has 0 saturated heterocycles. The van der Waals surface area contributed by atoms with Crippen molar-refractivity contribution in [1.29, 1.82) is 0 Å². The summed E-state index contributed by atoms with van der Waals surface area (Å²) in [7, 11) is 0. The molecular weight excluding hydrogens is 443 g/mol. The summed E-state index contributed by atoms with van der Waals surface area (Å²) in [4.78, 5) is 12.5. The SMILES string of the molecule is O=C(Nc1ccc(Br)c(Cl)c1Cl)c1cc(Br)cn1C1CC1. The minimum atomic E-state index is -0.201. The van der Waals surface area contributed by atoms with E-state index in [-0.39, 0.29) is 5.91 Å². The van der Waals surface area contributed by atoms with Crippen molar-refractivity contribution in [3.63, 3.8) is 0 Å². The zero-order valence-electron chi connectivity index (χ0n) is 10.7. The predicted octanol–water partition coefficient (Wildman–Crippen LogP) is 5.91. The largest absolute Gasteiger partial charge is 0.339 e. The summed E-state index contributed by atoms with van der Waals surface area (Å²) in [6.07, 6.45) is 4.14. The lowest BCUT2D eigenvalue weighted by atomic mass is 10.3. The molecule has 3 nitrogen and oxygen atoms in total. The van der Waals surface area contributed by atoms with Crippen molar-refractivity contribution in [3.05, 3.63) is 49.1 Å². The van der Waals surface area contributed by atoms with E-state index < -0.39 is 0 Å². The van der Waals surface area contributed by atoms with Crippen LogP contribution in [-0.4, -0.2) is 10.5 Å². The molecular formula is C14H10Br2Cl2N2O. The number of nitrogens with zero attached hydrogens (tertiary/aromatic N) is 1. The summed E-state index contributed by atoms with van der Waals surface area (Å²) in [6.45, 7) is 0. The maximum Gasteiger partial charge on any atom is 0.272 e. The van der Waals surface area contributed by atoms with Gasteiger partial charge in [0.15, 0.2) is 0 Å². The molecule has 2 aromatic rings. The van der Waals surface area contributed by atoms with Crippen LogP contribution >= 0.6 is 55.1 Å². The van der Waals surface area contributed by atoms with Crippen LogP contribution in [0.15, 0.2) is 33.3 Å². The molecule has 0 bridgehead atoms. The monoisotopic (exact) mass is 450 g/mol. The Hall–Kier alpha value is -0.490. The third-order valence-corrected chi connectivity index (χ3v) is 5.48. The molecule has 3 rings (SSSR count). The Labute approximate surface area is 148 Å². The summed E-state index contributed by atoms with van der Waals surface area (Å²) in [5, 5.41) is 3.52. The molecule has 1 aliphatic carbocycles. The Bertz CT molecular complexity index is 726. The van der Waals surface area contributed by atoms with Crippen molar-refractivity contribution in [1.82, 2.24) is 4.57 Å². The molecule has 1 aromatic carbocycles. The summed E-state index contributed by atoms with van der Waals surface area (Å²) in [5.41, 5.74) is 1.11. The number of hydrogen-bond acceptors (Lipinski definition) is 1. The number of anilines is 1. The number of carbonyl (C=O) groups excluding carboxylic acids is 1. The van der Waals surface area contributed by atoms with Crippen molar-refractivity contribution in [3.8, 4) is 0 Å². The normalized spacial score (nSPS) is 14.3. The van der Waals surface area contributed by atoms with Crippen LogP contribution in [-0.2, 0) is 0 Å². The molecule has 1 amide bonds. The van der Waals surface area contributed by atoms with Crippen LogP contribution in [0.4, 0.5) is 5.69 Å². The van der Waals surface area contributed by atoms with Crippen molar-refractivity contribution in [2.24, 2.45) is 0 Å². The van der Waals surface area contributed by atoms with Gasteiger partial charge in [0.25, 0.3) is 5.91 Å². The first-order chi connectivity index (χ1) is 9.97. The van der Waals surface area contributed by atoms with Gasteiger partial charge in [-0.25, -0.2) is 0 Å². The lowest BCUT2D eigenvalue weighted by molar-refractivity contribution is 0.101. The summed E-state index contributed by atoms with van der Waals surface area (Å²) in [5.74, 6) is -0.201. The van der Waals surface area contributed by atoms with E-state index >= 15 is 0 Å². The standard InChI is InChI=1S/C14H10Br2Cl2N2O/c15-7-5-11(20(6-7)8-1-2-8)14(21)19-10-4-3-9(16)12(17)13(10)18/h3-6,8H,1-2H2,(H,19,21). The number of halogens is 4. The van der Waals surface area contributed by atoms with Crippen LogP contribution in [0, 0.1) is 0 Å². The number of aromatic nitrogens is 1. The molecule has 1 fully saturated rings. The molecule has 0 radical (unpaired) electrons. The minimum Gasteiger partial charge on any atom is -0.339 e. The minimum absolute atomic E-state index is 0.201. The Balaban J connectivity index is 1.89. The van der Waals surface area contributed by atoms with Gasteiger partial charge in [-0.1, -0.05) is 23.2 Å². The van der Waals surface area contributed by atoms with Crippen molar-refractivity contribution < 1.29 is 4.79 Å². The van der Waals surface area contributed by atoms with Gasteiger partial charge >= 0.3 is 0 Å². The Morgan fingerprint density at radius 2 is 1.95 bits per heavy atom. The molecule has 1 heterocycles. The first kappa shape index (κ1) is 15.4. The number of nitrogens with one attached hydrogen (secondary N) is 1. The maximum atomic E-state index is 12.5. The third-order valence-electron chi connectivity index (χ3n) is 3.27. The van der Waals surface area contributed by atoms with Crippen LogP contribution in [0.1, 0.15) is 29.4 Å². The van der Waals surface area contributed by atoms with E-state index in [0.717, 1.165) is 17.3 Å². The Morgan fingerprint density at radius 3 is 2.62 bits per heavy atom. The Morgan fingerprint density at radius 1 is 1.24 bits per heavy atom. The van der Waals surface area contributed by atoms with Crippen LogP contribution in [0.25, 0.3) is 0 Å². The second kappa shape index (κ2) is 5.95. The molecule has 0 atom stereocenters. The molecule has 1 N–H and O–H groups in total. The number of rotatable bonds is 3. The predicted molar refractivity (Wildman–Crippen MR) is 92.5 cm³/mol. The van der Waals surface area contributed by atoms with Gasteiger partial charge in [-0.2, -0.15) is 0 Å². The number of benzene rings is 1. The maximum absolute atomic E-state index is 12.5. The summed E-state index contributed by atoms with van der Waals surface area (Å²) < 4.78 is 3.57. The van der Waals surface area contributed by atoms with Gasteiger partial charge in [-0.3, -0.25) is 4.79 Å². The van der Waals surface area contributed by atoms with Gasteiger partial charge in [0.2, 0.25) is 0 Å². The molecule has 1 saturated carbocycles. The van der Waals surface area contributed by atoms with Gasteiger partial charge in [-0.15, -0.1) is 0 Å². The molecule has 0 aliphatic heterocycles. The quantitative estimate of drug-likeness (QED) is 0.577. The molecule has 0 spiro atoms. The second-order valence-electron chi connectivity index (χ2n) is 4.86. The fourth-order valence-electron chi connectivity index (χ4n) is 2.09. The van der Waals surface area contributed by atoms with E-state index in [0.29, 0.717) is 31.9 Å². The molecule has 21 heavy (non-hydrogen) atoms. The van der Waals surface area contributed by atoms with E-state index in [2.05, 4.69) is 37.2 Å². The van der Waals surface area contributed by atoms with E-state index in [4.69, 9.17) is 23.2 Å². The smallest absolute Gasteiger partial charge is 0.272 e.